The van der Waals surface area contributed by atoms with E-state index in [2.05, 4.69) is 20.3 Å². The van der Waals surface area contributed by atoms with Crippen LogP contribution in [-0.2, 0) is 6.54 Å². The molecule has 0 aliphatic heterocycles. The smallest absolute Gasteiger partial charge is 0.229 e. The van der Waals surface area contributed by atoms with Crippen LogP contribution in [-0.4, -0.2) is 36.3 Å². The molecular weight excluding hydrogens is 260 g/mol. The molecule has 0 aromatic carbocycles. The van der Waals surface area contributed by atoms with E-state index in [1.54, 1.807) is 39.7 Å². The summed E-state index contributed by atoms with van der Waals surface area (Å²) in [4.78, 5) is 12.5. The van der Waals surface area contributed by atoms with Crippen molar-refractivity contribution in [2.45, 2.75) is 6.54 Å². The predicted molar refractivity (Wildman–Crippen MR) is 73.3 cm³/mol. The molecule has 1 N–H and O–H groups in total. The molecule has 0 radical (unpaired) electrons. The first-order valence-corrected chi connectivity index (χ1v) is 5.95. The lowest BCUT2D eigenvalue weighted by Gasteiger charge is -2.08. The summed E-state index contributed by atoms with van der Waals surface area (Å²) in [6, 6.07) is 5.32. The number of methoxy groups -OCH3 is 3. The second kappa shape index (κ2) is 6.55. The predicted octanol–water partition coefficient (Wildman–Crippen LogP) is 1.51. The van der Waals surface area contributed by atoms with Crippen molar-refractivity contribution in [1.82, 2.24) is 15.0 Å². The number of pyridine rings is 1. The standard InChI is InChI=1S/C13H16N4O3/c1-18-10-5-4-9(7-14-10)8-15-13-16-11(19-2)6-12(17-13)20-3/h4-7H,8H2,1-3H3,(H,15,16,17). The summed E-state index contributed by atoms with van der Waals surface area (Å²) < 4.78 is 15.2. The monoisotopic (exact) mass is 276 g/mol. The van der Waals surface area contributed by atoms with Crippen molar-refractivity contribution < 1.29 is 14.2 Å². The highest BCUT2D eigenvalue weighted by atomic mass is 16.5. The van der Waals surface area contributed by atoms with Gasteiger partial charge < -0.3 is 19.5 Å². The molecule has 2 heterocycles. The molecule has 106 valence electrons. The van der Waals surface area contributed by atoms with Crippen LogP contribution in [0.15, 0.2) is 24.4 Å². The average Bonchev–Trinajstić information content (AvgIpc) is 2.53. The Kier molecular flexibility index (Phi) is 4.54. The number of hydrogen-bond acceptors (Lipinski definition) is 7. The molecule has 20 heavy (non-hydrogen) atoms. The second-order valence-electron chi connectivity index (χ2n) is 3.84. The molecule has 0 atom stereocenters. The quantitative estimate of drug-likeness (QED) is 0.856. The van der Waals surface area contributed by atoms with Crippen LogP contribution in [0.5, 0.6) is 17.6 Å². The number of nitrogens with one attached hydrogen (secondary N) is 1. The number of anilines is 1. The van der Waals surface area contributed by atoms with E-state index < -0.39 is 0 Å². The van der Waals surface area contributed by atoms with Gasteiger partial charge in [-0.2, -0.15) is 9.97 Å². The lowest BCUT2D eigenvalue weighted by atomic mass is 10.3. The van der Waals surface area contributed by atoms with E-state index in [1.807, 2.05) is 6.07 Å². The van der Waals surface area contributed by atoms with Gasteiger partial charge in [-0.3, -0.25) is 0 Å². The third-order valence-corrected chi connectivity index (χ3v) is 2.55. The second-order valence-corrected chi connectivity index (χ2v) is 3.84. The van der Waals surface area contributed by atoms with Gasteiger partial charge >= 0.3 is 0 Å². The van der Waals surface area contributed by atoms with E-state index >= 15 is 0 Å². The van der Waals surface area contributed by atoms with Gasteiger partial charge in [0.15, 0.2) is 0 Å². The maximum atomic E-state index is 5.08. The van der Waals surface area contributed by atoms with Crippen LogP contribution in [0.25, 0.3) is 0 Å². The maximum Gasteiger partial charge on any atom is 0.229 e. The van der Waals surface area contributed by atoms with Crippen molar-refractivity contribution in [3.63, 3.8) is 0 Å². The Morgan fingerprint density at radius 3 is 2.10 bits per heavy atom. The zero-order chi connectivity index (χ0) is 14.4. The van der Waals surface area contributed by atoms with Crippen LogP contribution < -0.4 is 19.5 Å². The molecule has 0 amide bonds. The van der Waals surface area contributed by atoms with Crippen molar-refractivity contribution in [2.75, 3.05) is 26.6 Å². The normalized spacial score (nSPS) is 9.95. The van der Waals surface area contributed by atoms with Gasteiger partial charge in [0.25, 0.3) is 0 Å². The number of ether oxygens (including phenoxy) is 3. The molecule has 2 aromatic heterocycles. The van der Waals surface area contributed by atoms with E-state index in [9.17, 15) is 0 Å². The van der Waals surface area contributed by atoms with Gasteiger partial charge in [0.2, 0.25) is 23.6 Å². The Morgan fingerprint density at radius 2 is 1.60 bits per heavy atom. The van der Waals surface area contributed by atoms with Gasteiger partial charge in [-0.15, -0.1) is 0 Å². The molecule has 7 heteroatoms. The molecule has 0 unspecified atom stereocenters. The number of rotatable bonds is 6. The highest BCUT2D eigenvalue weighted by Crippen LogP contribution is 2.17. The number of nitrogens with zero attached hydrogens (tertiary/aromatic N) is 3. The Balaban J connectivity index is 2.05. The zero-order valence-corrected chi connectivity index (χ0v) is 11.6. The minimum Gasteiger partial charge on any atom is -0.481 e. The van der Waals surface area contributed by atoms with Gasteiger partial charge in [-0.05, 0) is 5.56 Å². The van der Waals surface area contributed by atoms with Crippen LogP contribution in [0.3, 0.4) is 0 Å². The molecule has 0 fully saturated rings. The largest absolute Gasteiger partial charge is 0.481 e. The molecule has 0 saturated carbocycles. The zero-order valence-electron chi connectivity index (χ0n) is 11.6. The highest BCUT2D eigenvalue weighted by Gasteiger charge is 2.05. The number of aromatic nitrogens is 3. The Morgan fingerprint density at radius 1 is 0.950 bits per heavy atom. The van der Waals surface area contributed by atoms with Crippen LogP contribution >= 0.6 is 0 Å². The molecular formula is C13H16N4O3. The third-order valence-electron chi connectivity index (χ3n) is 2.55. The van der Waals surface area contributed by atoms with Crippen molar-refractivity contribution in [3.05, 3.63) is 30.0 Å². The fourth-order valence-corrected chi connectivity index (χ4v) is 1.51. The average molecular weight is 276 g/mol. The Hall–Kier alpha value is -2.57. The van der Waals surface area contributed by atoms with Crippen molar-refractivity contribution in [1.29, 1.82) is 0 Å². The summed E-state index contributed by atoms with van der Waals surface area (Å²) in [7, 11) is 4.66. The highest BCUT2D eigenvalue weighted by molar-refractivity contribution is 5.34. The lowest BCUT2D eigenvalue weighted by Crippen LogP contribution is -2.05. The maximum absolute atomic E-state index is 5.08. The fraction of sp³-hybridized carbons (Fsp3) is 0.308. The van der Waals surface area contributed by atoms with Gasteiger partial charge in [0.1, 0.15) is 0 Å². The molecule has 0 aliphatic carbocycles. The van der Waals surface area contributed by atoms with Crippen molar-refractivity contribution in [2.24, 2.45) is 0 Å². The first-order chi connectivity index (χ1) is 9.75. The lowest BCUT2D eigenvalue weighted by molar-refractivity contribution is 0.373. The minimum atomic E-state index is 0.428. The molecule has 2 aromatic rings. The Bertz CT molecular complexity index is 538. The van der Waals surface area contributed by atoms with Crippen LogP contribution in [0.1, 0.15) is 5.56 Å². The number of hydrogen-bond donors (Lipinski definition) is 1. The van der Waals surface area contributed by atoms with Gasteiger partial charge in [0.05, 0.1) is 27.4 Å². The molecule has 0 aliphatic rings. The summed E-state index contributed by atoms with van der Waals surface area (Å²) >= 11 is 0. The first kappa shape index (κ1) is 13.9. The molecule has 0 saturated heterocycles. The van der Waals surface area contributed by atoms with E-state index in [-0.39, 0.29) is 0 Å². The third kappa shape index (κ3) is 3.47. The summed E-state index contributed by atoms with van der Waals surface area (Å²) in [5.74, 6) is 1.88. The van der Waals surface area contributed by atoms with Gasteiger partial charge in [-0.1, -0.05) is 6.07 Å². The summed E-state index contributed by atoms with van der Waals surface area (Å²) in [5, 5.41) is 3.08. The summed E-state index contributed by atoms with van der Waals surface area (Å²) in [6.07, 6.45) is 1.73. The van der Waals surface area contributed by atoms with E-state index in [1.165, 1.54) is 0 Å². The molecule has 2 rings (SSSR count). The van der Waals surface area contributed by atoms with Crippen LogP contribution in [0.4, 0.5) is 5.95 Å². The van der Waals surface area contributed by atoms with Crippen molar-refractivity contribution >= 4 is 5.95 Å². The molecule has 0 spiro atoms. The van der Waals surface area contributed by atoms with Crippen molar-refractivity contribution in [3.8, 4) is 17.6 Å². The molecule has 7 nitrogen and oxygen atoms in total. The van der Waals surface area contributed by atoms with E-state index in [4.69, 9.17) is 14.2 Å². The fourth-order valence-electron chi connectivity index (χ4n) is 1.51. The molecule has 0 bridgehead atoms. The van der Waals surface area contributed by atoms with Crippen LogP contribution in [0, 0.1) is 0 Å². The summed E-state index contributed by atoms with van der Waals surface area (Å²) in [5.41, 5.74) is 0.983. The van der Waals surface area contributed by atoms with Crippen LogP contribution in [0.2, 0.25) is 0 Å². The van der Waals surface area contributed by atoms with Gasteiger partial charge in [-0.25, -0.2) is 4.98 Å². The summed E-state index contributed by atoms with van der Waals surface area (Å²) in [6.45, 7) is 0.535. The van der Waals surface area contributed by atoms with E-state index in [0.717, 1.165) is 5.56 Å². The van der Waals surface area contributed by atoms with Gasteiger partial charge in [0, 0.05) is 18.8 Å². The SMILES string of the molecule is COc1ccc(CNc2nc(OC)cc(OC)n2)cn1. The minimum absolute atomic E-state index is 0.428. The van der Waals surface area contributed by atoms with E-state index in [0.29, 0.717) is 30.1 Å². The Labute approximate surface area is 116 Å². The first-order valence-electron chi connectivity index (χ1n) is 5.95. The topological polar surface area (TPSA) is 78.4 Å².